The number of hydrogen-bond donors (Lipinski definition) is 1. The Labute approximate surface area is 158 Å². The molecule has 0 fully saturated rings. The Morgan fingerprint density at radius 2 is 2.20 bits per heavy atom. The molecule has 0 aliphatic carbocycles. The van der Waals surface area contributed by atoms with E-state index in [4.69, 9.17) is 16.9 Å². The second kappa shape index (κ2) is 7.61. The molecule has 25 heavy (non-hydrogen) atoms. The molecule has 0 radical (unpaired) electrons. The fourth-order valence-corrected chi connectivity index (χ4v) is 4.66. The molecule has 0 amide bonds. The van der Waals surface area contributed by atoms with Crippen molar-refractivity contribution in [1.29, 1.82) is 5.26 Å². The molecule has 0 bridgehead atoms. The number of benzene rings is 1. The third-order valence-electron chi connectivity index (χ3n) is 3.83. The first-order chi connectivity index (χ1) is 12.0. The number of nitrogens with one attached hydrogen (secondary N) is 1. The molecule has 0 spiro atoms. The first-order valence-electron chi connectivity index (χ1n) is 7.81. The van der Waals surface area contributed by atoms with Crippen molar-refractivity contribution in [3.05, 3.63) is 44.0 Å². The number of thioether (sulfide) groups is 1. The minimum absolute atomic E-state index is 0.125. The van der Waals surface area contributed by atoms with Gasteiger partial charge in [0.05, 0.1) is 11.5 Å². The van der Waals surface area contributed by atoms with Crippen LogP contribution in [0.4, 0.5) is 0 Å². The van der Waals surface area contributed by atoms with Crippen molar-refractivity contribution in [3.8, 4) is 17.2 Å². The molecular weight excluding hydrogens is 374 g/mol. The minimum atomic E-state index is -0.125. The van der Waals surface area contributed by atoms with E-state index in [2.05, 4.69) is 16.0 Å². The predicted molar refractivity (Wildman–Crippen MR) is 106 cm³/mol. The van der Waals surface area contributed by atoms with Crippen LogP contribution < -0.4 is 5.56 Å². The van der Waals surface area contributed by atoms with Crippen LogP contribution in [0.3, 0.4) is 0 Å². The summed E-state index contributed by atoms with van der Waals surface area (Å²) in [5.74, 6) is 0.760. The summed E-state index contributed by atoms with van der Waals surface area (Å²) in [6.45, 7) is 3.96. The van der Waals surface area contributed by atoms with Crippen molar-refractivity contribution in [2.75, 3.05) is 5.75 Å². The van der Waals surface area contributed by atoms with Crippen molar-refractivity contribution in [2.45, 2.75) is 31.8 Å². The van der Waals surface area contributed by atoms with Crippen molar-refractivity contribution in [2.24, 2.45) is 0 Å². The first kappa shape index (κ1) is 18.0. The predicted octanol–water partition coefficient (Wildman–Crippen LogP) is 5.32. The zero-order valence-corrected chi connectivity index (χ0v) is 16.2. The van der Waals surface area contributed by atoms with Gasteiger partial charge in [0.1, 0.15) is 4.83 Å². The fraction of sp³-hybridized carbons (Fsp3) is 0.278. The number of unbranched alkanes of at least 4 members (excludes halogenated alkanes) is 1. The third kappa shape index (κ3) is 3.74. The van der Waals surface area contributed by atoms with Gasteiger partial charge in [0.15, 0.2) is 5.16 Å². The highest BCUT2D eigenvalue weighted by molar-refractivity contribution is 7.99. The molecule has 0 aliphatic heterocycles. The summed E-state index contributed by atoms with van der Waals surface area (Å²) in [6, 6.07) is 7.92. The quantitative estimate of drug-likeness (QED) is 0.364. The van der Waals surface area contributed by atoms with Gasteiger partial charge in [-0.3, -0.25) is 4.79 Å². The van der Waals surface area contributed by atoms with Crippen molar-refractivity contribution >= 4 is 44.9 Å². The van der Waals surface area contributed by atoms with Gasteiger partial charge in [-0.1, -0.05) is 29.4 Å². The lowest BCUT2D eigenvalue weighted by Gasteiger charge is -2.05. The van der Waals surface area contributed by atoms with E-state index in [1.807, 2.05) is 32.0 Å². The maximum Gasteiger partial charge on any atom is 0.260 e. The number of rotatable bonds is 5. The third-order valence-corrected chi connectivity index (χ3v) is 6.22. The standard InChI is InChI=1S/C18H16ClN3OS2/c1-10-9-12(5-6-13(10)19)14-11(2)25-17-15(14)16(23)21-18(22-17)24-8-4-3-7-20/h5-6,9H,3-4,8H2,1-2H3,(H,21,22,23). The molecule has 0 saturated heterocycles. The summed E-state index contributed by atoms with van der Waals surface area (Å²) in [7, 11) is 0. The Morgan fingerprint density at radius 3 is 2.92 bits per heavy atom. The molecule has 2 aromatic heterocycles. The number of nitrogens with zero attached hydrogens (tertiary/aromatic N) is 2. The van der Waals surface area contributed by atoms with E-state index in [0.29, 0.717) is 22.0 Å². The number of hydrogen-bond acceptors (Lipinski definition) is 5. The maximum atomic E-state index is 12.7. The molecule has 0 unspecified atom stereocenters. The summed E-state index contributed by atoms with van der Waals surface area (Å²) >= 11 is 9.12. The van der Waals surface area contributed by atoms with Crippen molar-refractivity contribution in [3.63, 3.8) is 0 Å². The number of aromatic amines is 1. The topological polar surface area (TPSA) is 69.5 Å². The largest absolute Gasteiger partial charge is 0.301 e. The number of halogens is 1. The Morgan fingerprint density at radius 1 is 1.40 bits per heavy atom. The molecule has 1 N–H and O–H groups in total. The number of fused-ring (bicyclic) bond motifs is 1. The van der Waals surface area contributed by atoms with Crippen LogP contribution in [0.1, 0.15) is 23.3 Å². The monoisotopic (exact) mass is 389 g/mol. The number of H-pyrrole nitrogens is 1. The van der Waals surface area contributed by atoms with Crippen LogP contribution in [0.2, 0.25) is 5.02 Å². The summed E-state index contributed by atoms with van der Waals surface area (Å²) in [5.41, 5.74) is 2.76. The van der Waals surface area contributed by atoms with Gasteiger partial charge in [-0.25, -0.2) is 4.98 Å². The van der Waals surface area contributed by atoms with Gasteiger partial charge >= 0.3 is 0 Å². The van der Waals surface area contributed by atoms with Crippen LogP contribution in [0.25, 0.3) is 21.3 Å². The van der Waals surface area contributed by atoms with Crippen LogP contribution in [0, 0.1) is 25.2 Å². The molecule has 3 aromatic rings. The molecule has 7 heteroatoms. The van der Waals surface area contributed by atoms with Gasteiger partial charge in [0.25, 0.3) is 5.56 Å². The van der Waals surface area contributed by atoms with E-state index in [1.54, 1.807) is 0 Å². The fourth-order valence-electron chi connectivity index (χ4n) is 2.64. The lowest BCUT2D eigenvalue weighted by Crippen LogP contribution is -2.08. The smallest absolute Gasteiger partial charge is 0.260 e. The van der Waals surface area contributed by atoms with Gasteiger partial charge in [-0.05, 0) is 43.5 Å². The van der Waals surface area contributed by atoms with Gasteiger partial charge in [-0.15, -0.1) is 11.3 Å². The first-order valence-corrected chi connectivity index (χ1v) is 9.99. The second-order valence-electron chi connectivity index (χ2n) is 5.66. The van der Waals surface area contributed by atoms with Crippen molar-refractivity contribution in [1.82, 2.24) is 9.97 Å². The molecule has 0 aliphatic rings. The highest BCUT2D eigenvalue weighted by Crippen LogP contribution is 2.37. The highest BCUT2D eigenvalue weighted by Gasteiger charge is 2.17. The molecule has 0 atom stereocenters. The summed E-state index contributed by atoms with van der Waals surface area (Å²) in [4.78, 5) is 21.9. The summed E-state index contributed by atoms with van der Waals surface area (Å²) in [6.07, 6.45) is 1.29. The van der Waals surface area contributed by atoms with Crippen LogP contribution >= 0.6 is 34.7 Å². The Bertz CT molecular complexity index is 1030. The molecule has 2 heterocycles. The average molecular weight is 390 g/mol. The molecular formula is C18H16ClN3OS2. The van der Waals surface area contributed by atoms with E-state index >= 15 is 0 Å². The lowest BCUT2D eigenvalue weighted by molar-refractivity contribution is 0.951. The minimum Gasteiger partial charge on any atom is -0.301 e. The van der Waals surface area contributed by atoms with Gasteiger partial charge in [0, 0.05) is 27.6 Å². The molecule has 0 saturated carbocycles. The second-order valence-corrected chi connectivity index (χ2v) is 8.35. The number of thiophene rings is 1. The van der Waals surface area contributed by atoms with E-state index in [0.717, 1.165) is 38.6 Å². The number of aryl methyl sites for hydroxylation is 2. The molecule has 1 aromatic carbocycles. The van der Waals surface area contributed by atoms with E-state index in [1.165, 1.54) is 23.1 Å². The Balaban J connectivity index is 2.04. The molecule has 128 valence electrons. The Hall–Kier alpha value is -1.81. The van der Waals surface area contributed by atoms with Crippen molar-refractivity contribution < 1.29 is 0 Å². The number of aromatic nitrogens is 2. The highest BCUT2D eigenvalue weighted by atomic mass is 35.5. The van der Waals surface area contributed by atoms with E-state index in [9.17, 15) is 4.79 Å². The Kier molecular flexibility index (Phi) is 5.48. The van der Waals surface area contributed by atoms with E-state index in [-0.39, 0.29) is 5.56 Å². The van der Waals surface area contributed by atoms with Crippen LogP contribution in [0.15, 0.2) is 28.2 Å². The number of nitriles is 1. The lowest BCUT2D eigenvalue weighted by atomic mass is 10.0. The average Bonchev–Trinajstić information content (AvgIpc) is 2.91. The van der Waals surface area contributed by atoms with Gasteiger partial charge < -0.3 is 4.98 Å². The summed E-state index contributed by atoms with van der Waals surface area (Å²) < 4.78 is 0. The molecule has 3 rings (SSSR count). The van der Waals surface area contributed by atoms with Crippen LogP contribution in [-0.2, 0) is 0 Å². The SMILES string of the molecule is Cc1cc(-c2c(C)sc3nc(SCCCC#N)[nH]c(=O)c23)ccc1Cl. The maximum absolute atomic E-state index is 12.7. The van der Waals surface area contributed by atoms with Crippen LogP contribution in [0.5, 0.6) is 0 Å². The zero-order valence-electron chi connectivity index (χ0n) is 13.9. The zero-order chi connectivity index (χ0) is 18.0. The van der Waals surface area contributed by atoms with Gasteiger partial charge in [-0.2, -0.15) is 5.26 Å². The normalized spacial score (nSPS) is 11.0. The van der Waals surface area contributed by atoms with Gasteiger partial charge in [0.2, 0.25) is 0 Å². The van der Waals surface area contributed by atoms with Crippen LogP contribution in [-0.4, -0.2) is 15.7 Å². The van der Waals surface area contributed by atoms with E-state index < -0.39 is 0 Å². The molecule has 4 nitrogen and oxygen atoms in total. The summed E-state index contributed by atoms with van der Waals surface area (Å²) in [5, 5.41) is 10.5.